The van der Waals surface area contributed by atoms with Crippen molar-refractivity contribution in [1.29, 1.82) is 0 Å². The Morgan fingerprint density at radius 1 is 1.59 bits per heavy atom. The first-order valence-electron chi connectivity index (χ1n) is 6.22. The predicted molar refractivity (Wildman–Crippen MR) is 72.0 cm³/mol. The van der Waals surface area contributed by atoms with Gasteiger partial charge in [-0.25, -0.2) is 9.67 Å². The van der Waals surface area contributed by atoms with Crippen molar-refractivity contribution in [3.05, 3.63) is 36.2 Å². The van der Waals surface area contributed by atoms with E-state index in [1.165, 1.54) is 13.1 Å². The number of alkyl halides is 3. The number of nitrogens with zero attached hydrogens (tertiary/aromatic N) is 3. The van der Waals surface area contributed by atoms with E-state index in [2.05, 4.69) is 22.0 Å². The second-order valence-electron chi connectivity index (χ2n) is 4.56. The molecule has 0 spiro atoms. The van der Waals surface area contributed by atoms with Gasteiger partial charge in [0.25, 0.3) is 5.91 Å². The Hall–Kier alpha value is -2.42. The standard InChI is InChI=1S/C13H13F3N4O2/c1-3-8(6-21)18-12(22)7-4-9-10(13(14,15)16)19-20(2)11(9)17-5-7/h3-5,8,21H,1,6H2,2H3,(H,18,22)/t8-/m1/s1. The number of amides is 1. The highest BCUT2D eigenvalue weighted by Crippen LogP contribution is 2.33. The van der Waals surface area contributed by atoms with Gasteiger partial charge in [-0.1, -0.05) is 6.08 Å². The molecule has 0 aliphatic rings. The van der Waals surface area contributed by atoms with Gasteiger partial charge in [-0.05, 0) is 6.07 Å². The number of fused-ring (bicyclic) bond motifs is 1. The summed E-state index contributed by atoms with van der Waals surface area (Å²) in [5.74, 6) is -0.662. The van der Waals surface area contributed by atoms with Gasteiger partial charge >= 0.3 is 6.18 Å². The average molecular weight is 314 g/mol. The monoisotopic (exact) mass is 314 g/mol. The van der Waals surface area contributed by atoms with E-state index >= 15 is 0 Å². The molecule has 2 aromatic heterocycles. The van der Waals surface area contributed by atoms with E-state index in [1.807, 2.05) is 0 Å². The van der Waals surface area contributed by atoms with Crippen LogP contribution in [0.4, 0.5) is 13.2 Å². The van der Waals surface area contributed by atoms with Crippen LogP contribution in [0.1, 0.15) is 16.1 Å². The predicted octanol–water partition coefficient (Wildman–Crippen LogP) is 1.26. The molecule has 0 radical (unpaired) electrons. The van der Waals surface area contributed by atoms with E-state index in [-0.39, 0.29) is 23.2 Å². The van der Waals surface area contributed by atoms with E-state index in [1.54, 1.807) is 0 Å². The van der Waals surface area contributed by atoms with Crippen LogP contribution in [0.2, 0.25) is 0 Å². The second-order valence-corrected chi connectivity index (χ2v) is 4.56. The molecule has 0 saturated heterocycles. The number of carbonyl (C=O) groups excluding carboxylic acids is 1. The molecular weight excluding hydrogens is 301 g/mol. The van der Waals surface area contributed by atoms with Crippen molar-refractivity contribution >= 4 is 16.9 Å². The first kappa shape index (κ1) is 16.0. The highest BCUT2D eigenvalue weighted by atomic mass is 19.4. The summed E-state index contributed by atoms with van der Waals surface area (Å²) < 4.78 is 39.8. The fraction of sp³-hybridized carbons (Fsp3) is 0.308. The van der Waals surface area contributed by atoms with E-state index in [0.29, 0.717) is 0 Å². The van der Waals surface area contributed by atoms with Gasteiger partial charge < -0.3 is 10.4 Å². The molecule has 0 aliphatic carbocycles. The van der Waals surface area contributed by atoms with Crippen molar-refractivity contribution in [1.82, 2.24) is 20.1 Å². The first-order chi connectivity index (χ1) is 10.3. The molecule has 0 fully saturated rings. The third-order valence-electron chi connectivity index (χ3n) is 3.01. The number of halogens is 3. The molecule has 2 rings (SSSR count). The SMILES string of the molecule is C=C[C@H](CO)NC(=O)c1cnc2c(c1)c(C(F)(F)F)nn2C. The minimum absolute atomic E-state index is 0.0197. The Kier molecular flexibility index (Phi) is 4.18. The van der Waals surface area contributed by atoms with Crippen LogP contribution in [0.25, 0.3) is 11.0 Å². The third-order valence-corrected chi connectivity index (χ3v) is 3.01. The van der Waals surface area contributed by atoms with Crippen LogP contribution in [-0.2, 0) is 13.2 Å². The van der Waals surface area contributed by atoms with Crippen LogP contribution in [0.3, 0.4) is 0 Å². The molecule has 1 amide bonds. The molecular formula is C13H13F3N4O2. The highest BCUT2D eigenvalue weighted by molar-refractivity contribution is 5.97. The topological polar surface area (TPSA) is 80.0 Å². The molecule has 2 N–H and O–H groups in total. The fourth-order valence-electron chi connectivity index (χ4n) is 1.91. The summed E-state index contributed by atoms with van der Waals surface area (Å²) in [5.41, 5.74) is -1.15. The van der Waals surface area contributed by atoms with Gasteiger partial charge in [0.1, 0.15) is 0 Å². The van der Waals surface area contributed by atoms with Crippen LogP contribution in [-0.4, -0.2) is 38.4 Å². The number of aryl methyl sites for hydroxylation is 1. The molecule has 2 heterocycles. The number of rotatable bonds is 4. The number of carbonyl (C=O) groups is 1. The van der Waals surface area contributed by atoms with Crippen molar-refractivity contribution in [2.45, 2.75) is 12.2 Å². The van der Waals surface area contributed by atoms with Crippen molar-refractivity contribution < 1.29 is 23.1 Å². The summed E-state index contributed by atoms with van der Waals surface area (Å²) in [5, 5.41) is 14.5. The number of aromatic nitrogens is 3. The Morgan fingerprint density at radius 3 is 2.82 bits per heavy atom. The maximum absolute atomic E-state index is 12.9. The normalized spacial score (nSPS) is 13.1. The van der Waals surface area contributed by atoms with Gasteiger partial charge in [-0.2, -0.15) is 18.3 Å². The molecule has 0 aliphatic heterocycles. The van der Waals surface area contributed by atoms with Crippen LogP contribution >= 0.6 is 0 Å². The van der Waals surface area contributed by atoms with Crippen LogP contribution in [0.15, 0.2) is 24.9 Å². The largest absolute Gasteiger partial charge is 0.435 e. The maximum atomic E-state index is 12.9. The van der Waals surface area contributed by atoms with Crippen molar-refractivity contribution in [3.63, 3.8) is 0 Å². The lowest BCUT2D eigenvalue weighted by Gasteiger charge is -2.11. The molecule has 118 valence electrons. The van der Waals surface area contributed by atoms with Crippen LogP contribution in [0.5, 0.6) is 0 Å². The lowest BCUT2D eigenvalue weighted by Crippen LogP contribution is -2.35. The van der Waals surface area contributed by atoms with Crippen molar-refractivity contribution in [3.8, 4) is 0 Å². The quantitative estimate of drug-likeness (QED) is 0.833. The number of hydrogen-bond acceptors (Lipinski definition) is 4. The first-order valence-corrected chi connectivity index (χ1v) is 6.22. The summed E-state index contributed by atoms with van der Waals surface area (Å²) in [7, 11) is 1.34. The van der Waals surface area contributed by atoms with Crippen molar-refractivity contribution in [2.75, 3.05) is 6.61 Å². The Balaban J connectivity index is 2.45. The molecule has 1 atom stereocenters. The van der Waals surface area contributed by atoms with Gasteiger partial charge in [0.2, 0.25) is 0 Å². The number of pyridine rings is 1. The van der Waals surface area contributed by atoms with Gasteiger partial charge in [-0.3, -0.25) is 4.79 Å². The zero-order chi connectivity index (χ0) is 16.5. The summed E-state index contributed by atoms with van der Waals surface area (Å²) in [4.78, 5) is 15.8. The minimum atomic E-state index is -4.65. The summed E-state index contributed by atoms with van der Waals surface area (Å²) in [6, 6.07) is 0.379. The van der Waals surface area contributed by atoms with Gasteiger partial charge in [0, 0.05) is 13.2 Å². The second kappa shape index (κ2) is 5.76. The fourth-order valence-corrected chi connectivity index (χ4v) is 1.91. The highest BCUT2D eigenvalue weighted by Gasteiger charge is 2.37. The Morgan fingerprint density at radius 2 is 2.27 bits per heavy atom. The van der Waals surface area contributed by atoms with E-state index in [9.17, 15) is 18.0 Å². The average Bonchev–Trinajstić information content (AvgIpc) is 2.81. The molecule has 0 bridgehead atoms. The van der Waals surface area contributed by atoms with Gasteiger partial charge in [-0.15, -0.1) is 6.58 Å². The number of aliphatic hydroxyl groups is 1. The molecule has 2 aromatic rings. The number of hydrogen-bond donors (Lipinski definition) is 2. The van der Waals surface area contributed by atoms with E-state index < -0.39 is 23.8 Å². The summed E-state index contributed by atoms with van der Waals surface area (Å²) in [6.45, 7) is 3.06. The molecule has 9 heteroatoms. The number of nitrogens with one attached hydrogen (secondary N) is 1. The maximum Gasteiger partial charge on any atom is 0.435 e. The van der Waals surface area contributed by atoms with E-state index in [4.69, 9.17) is 5.11 Å². The number of aliphatic hydroxyl groups excluding tert-OH is 1. The minimum Gasteiger partial charge on any atom is -0.394 e. The Labute approximate surface area is 123 Å². The van der Waals surface area contributed by atoms with Crippen LogP contribution < -0.4 is 5.32 Å². The summed E-state index contributed by atoms with van der Waals surface area (Å²) >= 11 is 0. The zero-order valence-electron chi connectivity index (χ0n) is 11.6. The molecule has 0 aromatic carbocycles. The lowest BCUT2D eigenvalue weighted by molar-refractivity contribution is -0.140. The van der Waals surface area contributed by atoms with Gasteiger partial charge in [0.05, 0.1) is 23.6 Å². The molecule has 22 heavy (non-hydrogen) atoms. The Bertz CT molecular complexity index is 724. The van der Waals surface area contributed by atoms with E-state index in [0.717, 1.165) is 16.9 Å². The molecule has 6 nitrogen and oxygen atoms in total. The summed E-state index contributed by atoms with van der Waals surface area (Å²) in [6.07, 6.45) is -2.18. The lowest BCUT2D eigenvalue weighted by atomic mass is 10.1. The zero-order valence-corrected chi connectivity index (χ0v) is 11.6. The molecule has 0 saturated carbocycles. The van der Waals surface area contributed by atoms with Crippen LogP contribution in [0, 0.1) is 0 Å². The smallest absolute Gasteiger partial charge is 0.394 e. The molecule has 0 unspecified atom stereocenters. The van der Waals surface area contributed by atoms with Crippen molar-refractivity contribution in [2.24, 2.45) is 7.05 Å². The van der Waals surface area contributed by atoms with Gasteiger partial charge in [0.15, 0.2) is 11.3 Å². The third kappa shape index (κ3) is 2.93.